The second-order valence-electron chi connectivity index (χ2n) is 5.27. The monoisotopic (exact) mass is 324 g/mol. The summed E-state index contributed by atoms with van der Waals surface area (Å²) in [6.07, 6.45) is 0. The number of hydrogen-bond donors (Lipinski definition) is 0. The lowest BCUT2D eigenvalue weighted by atomic mass is 10.2. The Morgan fingerprint density at radius 2 is 1.86 bits per heavy atom. The second kappa shape index (κ2) is 5.42. The number of nitrogens with zero attached hydrogens (tertiary/aromatic N) is 4. The number of amides is 1. The van der Waals surface area contributed by atoms with Crippen molar-refractivity contribution in [2.24, 2.45) is 0 Å². The maximum Gasteiger partial charge on any atom is 0.228 e. The zero-order chi connectivity index (χ0) is 15.1. The van der Waals surface area contributed by atoms with Crippen molar-refractivity contribution in [1.82, 2.24) is 14.9 Å². The molecule has 0 atom stereocenters. The van der Waals surface area contributed by atoms with E-state index in [1.807, 2.05) is 4.90 Å². The van der Waals surface area contributed by atoms with Crippen LogP contribution in [-0.2, 0) is 4.79 Å². The van der Waals surface area contributed by atoms with E-state index in [9.17, 15) is 4.79 Å². The standard InChI is InChI=1S/C14H17ClN4OS/c1-8-9(2)21-13-11(8)12(15)16-14(17-13)19-6-4-18(5-7-19)10(3)20/h4-7H2,1-3H3. The number of rotatable bonds is 1. The molecule has 3 heterocycles. The van der Waals surface area contributed by atoms with E-state index in [1.165, 1.54) is 4.88 Å². The average Bonchev–Trinajstić information content (AvgIpc) is 2.74. The number of hydrogen-bond acceptors (Lipinski definition) is 5. The number of thiophene rings is 1. The number of piperazine rings is 1. The zero-order valence-electron chi connectivity index (χ0n) is 12.3. The molecule has 1 aliphatic heterocycles. The van der Waals surface area contributed by atoms with Crippen molar-refractivity contribution in [1.29, 1.82) is 0 Å². The Bertz CT molecular complexity index is 707. The van der Waals surface area contributed by atoms with Crippen LogP contribution in [0, 0.1) is 13.8 Å². The van der Waals surface area contributed by atoms with Crippen LogP contribution >= 0.6 is 22.9 Å². The van der Waals surface area contributed by atoms with E-state index in [1.54, 1.807) is 18.3 Å². The van der Waals surface area contributed by atoms with Crippen molar-refractivity contribution >= 4 is 45.0 Å². The molecule has 0 unspecified atom stereocenters. The molecule has 0 saturated carbocycles. The van der Waals surface area contributed by atoms with Gasteiger partial charge in [0.25, 0.3) is 0 Å². The second-order valence-corrected chi connectivity index (χ2v) is 6.83. The number of aryl methyl sites for hydroxylation is 2. The number of aromatic nitrogens is 2. The minimum atomic E-state index is 0.119. The van der Waals surface area contributed by atoms with E-state index in [-0.39, 0.29) is 5.91 Å². The maximum absolute atomic E-state index is 11.4. The first-order valence-corrected chi connectivity index (χ1v) is 8.10. The summed E-state index contributed by atoms with van der Waals surface area (Å²) in [6.45, 7) is 8.62. The molecule has 0 radical (unpaired) electrons. The molecule has 112 valence electrons. The maximum atomic E-state index is 11.4. The molecule has 1 amide bonds. The SMILES string of the molecule is CC(=O)N1CCN(c2nc(Cl)c3c(C)c(C)sc3n2)CC1. The van der Waals surface area contributed by atoms with Crippen LogP contribution in [0.25, 0.3) is 10.2 Å². The molecule has 1 aliphatic rings. The van der Waals surface area contributed by atoms with Crippen LogP contribution in [0.3, 0.4) is 0 Å². The van der Waals surface area contributed by atoms with E-state index < -0.39 is 0 Å². The van der Waals surface area contributed by atoms with Gasteiger partial charge in [-0.2, -0.15) is 0 Å². The summed E-state index contributed by atoms with van der Waals surface area (Å²) in [5.41, 5.74) is 1.16. The highest BCUT2D eigenvalue weighted by molar-refractivity contribution is 7.18. The molecular formula is C14H17ClN4OS. The highest BCUT2D eigenvalue weighted by Gasteiger charge is 2.22. The van der Waals surface area contributed by atoms with E-state index >= 15 is 0 Å². The molecule has 0 aliphatic carbocycles. The Balaban J connectivity index is 1.90. The van der Waals surface area contributed by atoms with Gasteiger partial charge in [0.2, 0.25) is 11.9 Å². The Hall–Kier alpha value is -1.40. The topological polar surface area (TPSA) is 49.3 Å². The normalized spacial score (nSPS) is 15.8. The summed E-state index contributed by atoms with van der Waals surface area (Å²) in [5, 5.41) is 1.48. The highest BCUT2D eigenvalue weighted by Crippen LogP contribution is 2.34. The fourth-order valence-electron chi connectivity index (χ4n) is 2.55. The summed E-state index contributed by atoms with van der Waals surface area (Å²) in [7, 11) is 0. The summed E-state index contributed by atoms with van der Waals surface area (Å²) in [5.74, 6) is 0.783. The van der Waals surface area contributed by atoms with Crippen molar-refractivity contribution in [3.8, 4) is 0 Å². The van der Waals surface area contributed by atoms with Crippen molar-refractivity contribution in [2.75, 3.05) is 31.1 Å². The molecule has 5 nitrogen and oxygen atoms in total. The van der Waals surface area contributed by atoms with Gasteiger partial charge >= 0.3 is 0 Å². The molecule has 0 spiro atoms. The molecule has 2 aromatic heterocycles. The smallest absolute Gasteiger partial charge is 0.228 e. The lowest BCUT2D eigenvalue weighted by Gasteiger charge is -2.34. The molecule has 3 rings (SSSR count). The largest absolute Gasteiger partial charge is 0.339 e. The van der Waals surface area contributed by atoms with Gasteiger partial charge in [-0.15, -0.1) is 11.3 Å². The van der Waals surface area contributed by atoms with Crippen LogP contribution in [0.5, 0.6) is 0 Å². The van der Waals surface area contributed by atoms with Crippen molar-refractivity contribution in [3.63, 3.8) is 0 Å². The van der Waals surface area contributed by atoms with Gasteiger partial charge in [-0.05, 0) is 19.4 Å². The van der Waals surface area contributed by atoms with E-state index in [4.69, 9.17) is 11.6 Å². The van der Waals surface area contributed by atoms with Gasteiger partial charge in [-0.3, -0.25) is 4.79 Å². The number of anilines is 1. The van der Waals surface area contributed by atoms with Crippen LogP contribution in [0.2, 0.25) is 5.15 Å². The van der Waals surface area contributed by atoms with Gasteiger partial charge in [0, 0.05) is 38.0 Å². The van der Waals surface area contributed by atoms with Crippen LogP contribution in [0.4, 0.5) is 5.95 Å². The lowest BCUT2D eigenvalue weighted by molar-refractivity contribution is -0.129. The van der Waals surface area contributed by atoms with E-state index in [0.717, 1.165) is 28.9 Å². The predicted octanol–water partition coefficient (Wildman–Crippen LogP) is 2.63. The summed E-state index contributed by atoms with van der Waals surface area (Å²) < 4.78 is 0. The third-order valence-electron chi connectivity index (χ3n) is 3.98. The summed E-state index contributed by atoms with van der Waals surface area (Å²) in [4.78, 5) is 26.6. The first kappa shape index (κ1) is 14.5. The fraction of sp³-hybridized carbons (Fsp3) is 0.500. The number of carbonyl (C=O) groups is 1. The molecule has 1 saturated heterocycles. The molecular weight excluding hydrogens is 308 g/mol. The average molecular weight is 325 g/mol. The van der Waals surface area contributed by atoms with Gasteiger partial charge < -0.3 is 9.80 Å². The quantitative estimate of drug-likeness (QED) is 0.757. The van der Waals surface area contributed by atoms with Gasteiger partial charge in [0.15, 0.2) is 0 Å². The van der Waals surface area contributed by atoms with Gasteiger partial charge in [0.05, 0.1) is 5.39 Å². The van der Waals surface area contributed by atoms with Crippen LogP contribution in [0.1, 0.15) is 17.4 Å². The van der Waals surface area contributed by atoms with Gasteiger partial charge in [-0.1, -0.05) is 11.6 Å². The Morgan fingerprint density at radius 1 is 1.19 bits per heavy atom. The highest BCUT2D eigenvalue weighted by atomic mass is 35.5. The van der Waals surface area contributed by atoms with Gasteiger partial charge in [0.1, 0.15) is 9.98 Å². The summed E-state index contributed by atoms with van der Waals surface area (Å²) >= 11 is 7.99. The van der Waals surface area contributed by atoms with Crippen LogP contribution in [-0.4, -0.2) is 47.0 Å². The van der Waals surface area contributed by atoms with Crippen molar-refractivity contribution in [3.05, 3.63) is 15.6 Å². The Morgan fingerprint density at radius 3 is 2.48 bits per heavy atom. The Labute approximate surface area is 132 Å². The van der Waals surface area contributed by atoms with Crippen LogP contribution < -0.4 is 4.90 Å². The van der Waals surface area contributed by atoms with Crippen molar-refractivity contribution in [2.45, 2.75) is 20.8 Å². The molecule has 1 fully saturated rings. The first-order chi connectivity index (χ1) is 9.97. The minimum absolute atomic E-state index is 0.119. The van der Waals surface area contributed by atoms with E-state index in [0.29, 0.717) is 24.2 Å². The predicted molar refractivity (Wildman–Crippen MR) is 86.4 cm³/mol. The molecule has 21 heavy (non-hydrogen) atoms. The van der Waals surface area contributed by atoms with Crippen LogP contribution in [0.15, 0.2) is 0 Å². The fourth-order valence-corrected chi connectivity index (χ4v) is 3.94. The zero-order valence-corrected chi connectivity index (χ0v) is 13.9. The summed E-state index contributed by atoms with van der Waals surface area (Å²) in [6, 6.07) is 0. The van der Waals surface area contributed by atoms with Gasteiger partial charge in [-0.25, -0.2) is 9.97 Å². The molecule has 0 bridgehead atoms. The lowest BCUT2D eigenvalue weighted by Crippen LogP contribution is -2.48. The first-order valence-electron chi connectivity index (χ1n) is 6.91. The molecule has 2 aromatic rings. The van der Waals surface area contributed by atoms with Crippen molar-refractivity contribution < 1.29 is 4.79 Å². The van der Waals surface area contributed by atoms with E-state index in [2.05, 4.69) is 28.7 Å². The number of halogens is 1. The third kappa shape index (κ3) is 2.58. The molecule has 7 heteroatoms. The molecule has 0 aromatic carbocycles. The third-order valence-corrected chi connectivity index (χ3v) is 5.36. The number of fused-ring (bicyclic) bond motifs is 1. The molecule has 0 N–H and O–H groups in total. The Kier molecular flexibility index (Phi) is 3.75. The number of carbonyl (C=O) groups excluding carboxylic acids is 1. The minimum Gasteiger partial charge on any atom is -0.339 e.